The molecule has 2 heterocycles. The maximum Gasteiger partial charge on any atom is 0.321 e. The van der Waals surface area contributed by atoms with E-state index >= 15 is 0 Å². The second kappa shape index (κ2) is 9.52. The summed E-state index contributed by atoms with van der Waals surface area (Å²) in [5, 5.41) is 3.59. The highest BCUT2D eigenvalue weighted by Crippen LogP contribution is 2.28. The third kappa shape index (κ3) is 4.96. The summed E-state index contributed by atoms with van der Waals surface area (Å²) in [5.41, 5.74) is 2.64. The average Bonchev–Trinajstić information content (AvgIpc) is 2.81. The fraction of sp³-hybridized carbons (Fsp3) is 0.417. The van der Waals surface area contributed by atoms with Crippen LogP contribution in [-0.2, 0) is 0 Å². The van der Waals surface area contributed by atoms with Crippen LogP contribution in [0.4, 0.5) is 10.5 Å². The topological polar surface area (TPSA) is 52.7 Å². The molecule has 1 unspecified atom stereocenters. The fourth-order valence-electron chi connectivity index (χ4n) is 4.37. The van der Waals surface area contributed by atoms with E-state index in [1.165, 1.54) is 6.42 Å². The molecule has 1 N–H and O–H groups in total. The summed E-state index contributed by atoms with van der Waals surface area (Å²) in [6.07, 6.45) is 5.35. The van der Waals surface area contributed by atoms with E-state index in [-0.39, 0.29) is 17.9 Å². The Morgan fingerprint density at radius 3 is 2.40 bits per heavy atom. The van der Waals surface area contributed by atoms with Gasteiger partial charge in [-0.2, -0.15) is 0 Å². The number of nitrogens with one attached hydrogen (secondary N) is 1. The van der Waals surface area contributed by atoms with Crippen molar-refractivity contribution in [1.82, 2.24) is 9.80 Å². The number of benzene rings is 2. The summed E-state index contributed by atoms with van der Waals surface area (Å²) in [4.78, 5) is 29.4. The summed E-state index contributed by atoms with van der Waals surface area (Å²) in [5.74, 6) is 0.369. The van der Waals surface area contributed by atoms with Crippen molar-refractivity contribution in [3.8, 4) is 0 Å². The van der Waals surface area contributed by atoms with Gasteiger partial charge in [0.25, 0.3) is 5.91 Å². The van der Waals surface area contributed by atoms with Crippen molar-refractivity contribution in [2.75, 3.05) is 31.5 Å². The minimum absolute atomic E-state index is 0.0948. The number of piperidine rings is 2. The monoisotopic (exact) mass is 425 g/mol. The van der Waals surface area contributed by atoms with Crippen LogP contribution < -0.4 is 5.32 Å². The van der Waals surface area contributed by atoms with Crippen molar-refractivity contribution < 1.29 is 9.59 Å². The fourth-order valence-corrected chi connectivity index (χ4v) is 4.50. The van der Waals surface area contributed by atoms with Gasteiger partial charge in [-0.05, 0) is 74.1 Å². The Morgan fingerprint density at radius 2 is 1.63 bits per heavy atom. The van der Waals surface area contributed by atoms with Crippen molar-refractivity contribution in [2.24, 2.45) is 0 Å². The molecule has 0 bridgehead atoms. The number of rotatable bonds is 3. The third-order valence-electron chi connectivity index (χ3n) is 6.05. The first-order valence-corrected chi connectivity index (χ1v) is 11.2. The van der Waals surface area contributed by atoms with Gasteiger partial charge in [0.1, 0.15) is 0 Å². The average molecular weight is 426 g/mol. The molecule has 2 fully saturated rings. The number of urea groups is 1. The van der Waals surface area contributed by atoms with Crippen molar-refractivity contribution >= 4 is 29.2 Å². The van der Waals surface area contributed by atoms with Crippen LogP contribution in [0.25, 0.3) is 0 Å². The van der Waals surface area contributed by atoms with Crippen LogP contribution in [0.3, 0.4) is 0 Å². The van der Waals surface area contributed by atoms with Crippen LogP contribution in [0.1, 0.15) is 53.9 Å². The Bertz CT molecular complexity index is 894. The van der Waals surface area contributed by atoms with Crippen LogP contribution in [-0.4, -0.2) is 47.9 Å². The summed E-state index contributed by atoms with van der Waals surface area (Å²) >= 11 is 5.92. The van der Waals surface area contributed by atoms with E-state index in [1.807, 2.05) is 28.0 Å². The van der Waals surface area contributed by atoms with Crippen molar-refractivity contribution in [3.05, 3.63) is 64.7 Å². The second-order valence-electron chi connectivity index (χ2n) is 8.20. The van der Waals surface area contributed by atoms with E-state index in [1.54, 1.807) is 24.3 Å². The van der Waals surface area contributed by atoms with Crippen LogP contribution >= 0.6 is 11.6 Å². The van der Waals surface area contributed by atoms with Gasteiger partial charge in [-0.3, -0.25) is 4.79 Å². The van der Waals surface area contributed by atoms with E-state index in [0.717, 1.165) is 62.1 Å². The molecule has 2 aromatic rings. The molecule has 0 radical (unpaired) electrons. The zero-order chi connectivity index (χ0) is 20.9. The molecule has 3 amide bonds. The van der Waals surface area contributed by atoms with Crippen LogP contribution in [0, 0.1) is 0 Å². The Morgan fingerprint density at radius 1 is 0.900 bits per heavy atom. The summed E-state index contributed by atoms with van der Waals surface area (Å²) in [6.45, 7) is 3.10. The summed E-state index contributed by atoms with van der Waals surface area (Å²) in [7, 11) is 0. The molecule has 0 aliphatic carbocycles. The highest BCUT2D eigenvalue weighted by Gasteiger charge is 2.26. The first-order chi connectivity index (χ1) is 14.6. The molecule has 1 atom stereocenters. The van der Waals surface area contributed by atoms with Crippen LogP contribution in [0.2, 0.25) is 5.02 Å². The normalized spacial score (nSPS) is 19.4. The second-order valence-corrected chi connectivity index (χ2v) is 8.64. The van der Waals surface area contributed by atoms with Gasteiger partial charge in [-0.1, -0.05) is 23.7 Å². The molecule has 2 aliphatic rings. The van der Waals surface area contributed by atoms with E-state index in [2.05, 4.69) is 11.4 Å². The largest absolute Gasteiger partial charge is 0.339 e. The van der Waals surface area contributed by atoms with Crippen molar-refractivity contribution in [3.63, 3.8) is 0 Å². The van der Waals surface area contributed by atoms with E-state index < -0.39 is 0 Å². The number of halogens is 1. The summed E-state index contributed by atoms with van der Waals surface area (Å²) < 4.78 is 0. The molecule has 0 spiro atoms. The number of likely N-dealkylation sites (tertiary alicyclic amines) is 2. The Kier molecular flexibility index (Phi) is 6.58. The third-order valence-corrected chi connectivity index (χ3v) is 6.30. The maximum absolute atomic E-state index is 12.9. The van der Waals surface area contributed by atoms with E-state index in [4.69, 9.17) is 11.6 Å². The first-order valence-electron chi connectivity index (χ1n) is 10.8. The lowest BCUT2D eigenvalue weighted by Crippen LogP contribution is -2.41. The number of hydrogen-bond donors (Lipinski definition) is 1. The molecule has 5 nitrogen and oxygen atoms in total. The first kappa shape index (κ1) is 20.7. The lowest BCUT2D eigenvalue weighted by molar-refractivity contribution is 0.0724. The Balaban J connectivity index is 1.42. The van der Waals surface area contributed by atoms with Gasteiger partial charge in [-0.25, -0.2) is 4.79 Å². The highest BCUT2D eigenvalue weighted by molar-refractivity contribution is 6.30. The molecule has 2 aliphatic heterocycles. The van der Waals surface area contributed by atoms with Crippen LogP contribution in [0.5, 0.6) is 0 Å². The van der Waals surface area contributed by atoms with E-state index in [0.29, 0.717) is 11.6 Å². The molecular weight excluding hydrogens is 398 g/mol. The molecule has 6 heteroatoms. The number of anilines is 1. The molecule has 4 rings (SSSR count). The molecule has 0 aromatic heterocycles. The van der Waals surface area contributed by atoms with Crippen molar-refractivity contribution in [1.29, 1.82) is 0 Å². The zero-order valence-electron chi connectivity index (χ0n) is 17.1. The molecule has 2 aromatic carbocycles. The Hall–Kier alpha value is -2.53. The molecule has 158 valence electrons. The molecule has 30 heavy (non-hydrogen) atoms. The molecule has 2 saturated heterocycles. The number of nitrogens with zero attached hydrogens (tertiary/aromatic N) is 2. The van der Waals surface area contributed by atoms with Gasteiger partial charge in [0, 0.05) is 48.4 Å². The van der Waals surface area contributed by atoms with Gasteiger partial charge in [0.15, 0.2) is 0 Å². The van der Waals surface area contributed by atoms with Gasteiger partial charge >= 0.3 is 6.03 Å². The van der Waals surface area contributed by atoms with Gasteiger partial charge < -0.3 is 15.1 Å². The maximum atomic E-state index is 12.9. The van der Waals surface area contributed by atoms with Gasteiger partial charge in [0.05, 0.1) is 0 Å². The summed E-state index contributed by atoms with van der Waals surface area (Å²) in [6, 6.07) is 15.0. The zero-order valence-corrected chi connectivity index (χ0v) is 17.9. The van der Waals surface area contributed by atoms with E-state index in [9.17, 15) is 9.59 Å². The van der Waals surface area contributed by atoms with Crippen molar-refractivity contribution in [2.45, 2.75) is 38.0 Å². The van der Waals surface area contributed by atoms with Crippen LogP contribution in [0.15, 0.2) is 48.5 Å². The predicted octanol–water partition coefficient (Wildman–Crippen LogP) is 5.38. The SMILES string of the molecule is O=C(Nc1ccc(Cl)cc1)N1CCCC(c2cccc(C(=O)N3CCCCC3)c2)C1. The quantitative estimate of drug-likeness (QED) is 0.717. The predicted molar refractivity (Wildman–Crippen MR) is 120 cm³/mol. The lowest BCUT2D eigenvalue weighted by Gasteiger charge is -2.33. The number of carbonyl (C=O) groups is 2. The lowest BCUT2D eigenvalue weighted by atomic mass is 9.89. The molecule has 0 saturated carbocycles. The minimum atomic E-state index is -0.0948. The number of amides is 3. The number of carbonyl (C=O) groups excluding carboxylic acids is 2. The minimum Gasteiger partial charge on any atom is -0.339 e. The smallest absolute Gasteiger partial charge is 0.321 e. The van der Waals surface area contributed by atoms with Gasteiger partial charge in [0.2, 0.25) is 0 Å². The number of hydrogen-bond acceptors (Lipinski definition) is 2. The Labute approximate surface area is 183 Å². The molecular formula is C24H28ClN3O2. The standard InChI is InChI=1S/C24H28ClN3O2/c25-21-9-11-22(12-10-21)26-24(30)28-15-5-8-20(17-28)18-6-4-7-19(16-18)23(29)27-13-2-1-3-14-27/h4,6-7,9-12,16,20H,1-3,5,8,13-15,17H2,(H,26,30). The van der Waals surface area contributed by atoms with Gasteiger partial charge in [-0.15, -0.1) is 0 Å². The highest BCUT2D eigenvalue weighted by atomic mass is 35.5.